The first kappa shape index (κ1) is 14.8. The Labute approximate surface area is 133 Å². The Bertz CT molecular complexity index is 699. The van der Waals surface area contributed by atoms with Gasteiger partial charge in [0.15, 0.2) is 17.5 Å². The Hall–Kier alpha value is -1.82. The molecule has 4 rings (SSSR count). The Morgan fingerprint density at radius 2 is 2.04 bits per heavy atom. The van der Waals surface area contributed by atoms with Crippen LogP contribution in [-0.4, -0.2) is 28.1 Å². The summed E-state index contributed by atoms with van der Waals surface area (Å²) in [6, 6.07) is 4.34. The molecule has 0 unspecified atom stereocenters. The Balaban J connectivity index is 1.44. The van der Waals surface area contributed by atoms with Crippen LogP contribution in [0.4, 0.5) is 8.78 Å². The van der Waals surface area contributed by atoms with E-state index in [9.17, 15) is 8.78 Å². The van der Waals surface area contributed by atoms with Gasteiger partial charge in [0.25, 0.3) is 0 Å². The highest BCUT2D eigenvalue weighted by atomic mass is 19.2. The number of benzene rings is 1. The third-order valence-corrected chi connectivity index (χ3v) is 4.68. The van der Waals surface area contributed by atoms with Gasteiger partial charge < -0.3 is 4.52 Å². The lowest BCUT2D eigenvalue weighted by Crippen LogP contribution is -2.34. The normalized spacial score (nSPS) is 22.4. The summed E-state index contributed by atoms with van der Waals surface area (Å²) >= 11 is 0. The van der Waals surface area contributed by atoms with Crippen molar-refractivity contribution in [3.8, 4) is 0 Å². The zero-order valence-corrected chi connectivity index (χ0v) is 12.8. The smallest absolute Gasteiger partial charge is 0.229 e. The number of aromatic nitrogens is 2. The highest BCUT2D eigenvalue weighted by Crippen LogP contribution is 2.39. The van der Waals surface area contributed by atoms with E-state index in [1.54, 1.807) is 12.1 Å². The van der Waals surface area contributed by atoms with Crippen molar-refractivity contribution in [3.63, 3.8) is 0 Å². The van der Waals surface area contributed by atoms with Crippen molar-refractivity contribution in [2.24, 2.45) is 0 Å². The van der Waals surface area contributed by atoms with E-state index >= 15 is 0 Å². The quantitative estimate of drug-likeness (QED) is 0.863. The summed E-state index contributed by atoms with van der Waals surface area (Å²) in [5.41, 5.74) is 0.400. The minimum Gasteiger partial charge on any atom is -0.339 e. The van der Waals surface area contributed by atoms with Crippen LogP contribution >= 0.6 is 0 Å². The zero-order valence-electron chi connectivity index (χ0n) is 12.8. The Morgan fingerprint density at radius 3 is 2.87 bits per heavy atom. The Morgan fingerprint density at radius 1 is 1.17 bits per heavy atom. The van der Waals surface area contributed by atoms with Gasteiger partial charge in [-0.15, -0.1) is 0 Å². The van der Waals surface area contributed by atoms with Gasteiger partial charge >= 0.3 is 0 Å². The minimum absolute atomic E-state index is 0.205. The molecule has 0 N–H and O–H groups in total. The molecule has 1 atom stereocenters. The molecule has 1 saturated heterocycles. The molecule has 1 saturated carbocycles. The van der Waals surface area contributed by atoms with Crippen LogP contribution in [0.25, 0.3) is 0 Å². The molecule has 1 aromatic carbocycles. The summed E-state index contributed by atoms with van der Waals surface area (Å²) < 4.78 is 32.5. The summed E-state index contributed by atoms with van der Waals surface area (Å²) in [7, 11) is 0. The van der Waals surface area contributed by atoms with Gasteiger partial charge in [-0.3, -0.25) is 4.90 Å². The second-order valence-electron chi connectivity index (χ2n) is 6.55. The van der Waals surface area contributed by atoms with E-state index < -0.39 is 11.6 Å². The largest absolute Gasteiger partial charge is 0.339 e. The molecule has 2 aromatic rings. The molecular weight excluding hydrogens is 300 g/mol. The number of hydrogen-bond acceptors (Lipinski definition) is 4. The number of nitrogens with zero attached hydrogens (tertiary/aromatic N) is 3. The number of likely N-dealkylation sites (tertiary alicyclic amines) is 1. The van der Waals surface area contributed by atoms with Crippen molar-refractivity contribution in [2.75, 3.05) is 13.1 Å². The SMILES string of the molecule is Fc1cccc(CN2CCC[C@@H](c3noc(C4CC4)n3)C2)c1F. The maximum Gasteiger partial charge on any atom is 0.229 e. The molecule has 0 radical (unpaired) electrons. The highest BCUT2D eigenvalue weighted by Gasteiger charge is 2.32. The maximum atomic E-state index is 13.8. The first-order valence-electron chi connectivity index (χ1n) is 8.19. The second kappa shape index (κ2) is 6.00. The fourth-order valence-corrected chi connectivity index (χ4v) is 3.23. The first-order valence-corrected chi connectivity index (χ1v) is 8.19. The van der Waals surface area contributed by atoms with Crippen molar-refractivity contribution in [1.29, 1.82) is 0 Å². The van der Waals surface area contributed by atoms with Crippen LogP contribution in [0.1, 0.15) is 54.8 Å². The van der Waals surface area contributed by atoms with E-state index in [2.05, 4.69) is 15.0 Å². The summed E-state index contributed by atoms with van der Waals surface area (Å²) in [5, 5.41) is 4.13. The standard InChI is InChI=1S/C17H19F2N3O/c18-14-5-1-3-12(15(14)19)9-22-8-2-4-13(10-22)16-20-17(23-21-16)11-6-7-11/h1,3,5,11,13H,2,4,6-10H2/t13-/m1/s1. The Kier molecular flexibility index (Phi) is 3.85. The van der Waals surface area contributed by atoms with Crippen LogP contribution in [0.3, 0.4) is 0 Å². The van der Waals surface area contributed by atoms with Crippen molar-refractivity contribution in [3.05, 3.63) is 47.1 Å². The van der Waals surface area contributed by atoms with Gasteiger partial charge in [0, 0.05) is 30.5 Å². The van der Waals surface area contributed by atoms with Gasteiger partial charge in [0.1, 0.15) is 0 Å². The average molecular weight is 319 g/mol. The second-order valence-corrected chi connectivity index (χ2v) is 6.55. The molecule has 0 bridgehead atoms. The van der Waals surface area contributed by atoms with Crippen molar-refractivity contribution in [1.82, 2.24) is 15.0 Å². The van der Waals surface area contributed by atoms with Crippen molar-refractivity contribution >= 4 is 0 Å². The average Bonchev–Trinajstić information content (AvgIpc) is 3.29. The summed E-state index contributed by atoms with van der Waals surface area (Å²) in [5.74, 6) is 0.645. The molecule has 1 aromatic heterocycles. The van der Waals surface area contributed by atoms with Gasteiger partial charge in [0.2, 0.25) is 5.89 Å². The van der Waals surface area contributed by atoms with Crippen LogP contribution in [0, 0.1) is 11.6 Å². The highest BCUT2D eigenvalue weighted by molar-refractivity contribution is 5.19. The van der Waals surface area contributed by atoms with E-state index in [1.807, 2.05) is 0 Å². The van der Waals surface area contributed by atoms with E-state index in [0.29, 0.717) is 18.0 Å². The van der Waals surface area contributed by atoms with Crippen molar-refractivity contribution in [2.45, 2.75) is 44.1 Å². The summed E-state index contributed by atoms with van der Waals surface area (Å²) in [6.45, 7) is 2.03. The van der Waals surface area contributed by atoms with E-state index in [0.717, 1.165) is 56.6 Å². The van der Waals surface area contributed by atoms with Crippen LogP contribution in [0.2, 0.25) is 0 Å². The number of rotatable bonds is 4. The van der Waals surface area contributed by atoms with Gasteiger partial charge in [-0.25, -0.2) is 8.78 Å². The topological polar surface area (TPSA) is 42.2 Å². The third-order valence-electron chi connectivity index (χ3n) is 4.68. The molecule has 2 fully saturated rings. The molecule has 1 aliphatic heterocycles. The lowest BCUT2D eigenvalue weighted by atomic mass is 9.97. The van der Waals surface area contributed by atoms with E-state index in [-0.39, 0.29) is 5.92 Å². The van der Waals surface area contributed by atoms with Gasteiger partial charge in [-0.05, 0) is 38.3 Å². The molecular formula is C17H19F2N3O. The van der Waals surface area contributed by atoms with Crippen molar-refractivity contribution < 1.29 is 13.3 Å². The molecule has 6 heteroatoms. The fraction of sp³-hybridized carbons (Fsp3) is 0.529. The predicted molar refractivity (Wildman–Crippen MR) is 79.9 cm³/mol. The molecule has 122 valence electrons. The lowest BCUT2D eigenvalue weighted by Gasteiger charge is -2.31. The lowest BCUT2D eigenvalue weighted by molar-refractivity contribution is 0.192. The van der Waals surface area contributed by atoms with Crippen LogP contribution < -0.4 is 0 Å². The van der Waals surface area contributed by atoms with Gasteiger partial charge in [-0.2, -0.15) is 4.98 Å². The molecule has 0 amide bonds. The zero-order chi connectivity index (χ0) is 15.8. The first-order chi connectivity index (χ1) is 11.2. The summed E-state index contributed by atoms with van der Waals surface area (Å²) in [4.78, 5) is 6.67. The van der Waals surface area contributed by atoms with Crippen LogP contribution in [0.15, 0.2) is 22.7 Å². The molecule has 23 heavy (non-hydrogen) atoms. The number of halogens is 2. The predicted octanol–water partition coefficient (Wildman–Crippen LogP) is 3.60. The molecule has 1 aliphatic carbocycles. The van der Waals surface area contributed by atoms with Gasteiger partial charge in [0.05, 0.1) is 0 Å². The summed E-state index contributed by atoms with van der Waals surface area (Å²) in [6.07, 6.45) is 4.27. The molecule has 2 aliphatic rings. The molecule has 0 spiro atoms. The van der Waals surface area contributed by atoms with E-state index in [4.69, 9.17) is 4.52 Å². The monoisotopic (exact) mass is 319 g/mol. The number of piperidine rings is 1. The molecule has 4 nitrogen and oxygen atoms in total. The van der Waals surface area contributed by atoms with Crippen LogP contribution in [-0.2, 0) is 6.54 Å². The maximum absolute atomic E-state index is 13.8. The minimum atomic E-state index is -0.789. The van der Waals surface area contributed by atoms with E-state index in [1.165, 1.54) is 0 Å². The van der Waals surface area contributed by atoms with Gasteiger partial charge in [-0.1, -0.05) is 17.3 Å². The van der Waals surface area contributed by atoms with Crippen LogP contribution in [0.5, 0.6) is 0 Å². The molecule has 2 heterocycles. The number of hydrogen-bond donors (Lipinski definition) is 0. The fourth-order valence-electron chi connectivity index (χ4n) is 3.23. The third kappa shape index (κ3) is 3.13.